The summed E-state index contributed by atoms with van der Waals surface area (Å²) in [5.74, 6) is 0.680. The molecule has 0 atom stereocenters. The number of nitrogens with one attached hydrogen (secondary N) is 1. The number of aromatic nitrogens is 1. The Morgan fingerprint density at radius 3 is 2.92 bits per heavy atom. The number of rotatable bonds is 4. The lowest BCUT2D eigenvalue weighted by Gasteiger charge is -1.97. The highest BCUT2D eigenvalue weighted by molar-refractivity contribution is 7.11. The van der Waals surface area contributed by atoms with E-state index in [1.807, 2.05) is 7.05 Å². The number of nitrogens with zero attached hydrogens (tertiary/aromatic N) is 1. The maximum Gasteiger partial charge on any atom is 0.119 e. The van der Waals surface area contributed by atoms with E-state index >= 15 is 0 Å². The third kappa shape index (κ3) is 1.90. The SMILES string of the molecule is CNCc1sc(CO)nc1C1CC1. The summed E-state index contributed by atoms with van der Waals surface area (Å²) in [5.41, 5.74) is 1.23. The van der Waals surface area contributed by atoms with Crippen LogP contribution >= 0.6 is 11.3 Å². The van der Waals surface area contributed by atoms with Crippen LogP contribution in [0.25, 0.3) is 0 Å². The molecule has 4 heteroatoms. The van der Waals surface area contributed by atoms with Crippen molar-refractivity contribution >= 4 is 11.3 Å². The zero-order chi connectivity index (χ0) is 9.26. The average molecular weight is 198 g/mol. The van der Waals surface area contributed by atoms with Gasteiger partial charge in [0.1, 0.15) is 5.01 Å². The van der Waals surface area contributed by atoms with Gasteiger partial charge in [-0.2, -0.15) is 0 Å². The van der Waals surface area contributed by atoms with Gasteiger partial charge in [-0.15, -0.1) is 11.3 Å². The van der Waals surface area contributed by atoms with Gasteiger partial charge in [-0.25, -0.2) is 4.98 Å². The molecule has 0 saturated heterocycles. The Morgan fingerprint density at radius 2 is 2.38 bits per heavy atom. The van der Waals surface area contributed by atoms with Gasteiger partial charge in [-0.05, 0) is 19.9 Å². The van der Waals surface area contributed by atoms with Crippen LogP contribution in [0.4, 0.5) is 0 Å². The molecule has 2 N–H and O–H groups in total. The van der Waals surface area contributed by atoms with Crippen LogP contribution in [0.2, 0.25) is 0 Å². The van der Waals surface area contributed by atoms with E-state index in [2.05, 4.69) is 10.3 Å². The number of aliphatic hydroxyl groups excluding tert-OH is 1. The molecule has 1 aromatic rings. The monoisotopic (exact) mass is 198 g/mol. The summed E-state index contributed by atoms with van der Waals surface area (Å²) < 4.78 is 0. The van der Waals surface area contributed by atoms with Gasteiger partial charge in [-0.3, -0.25) is 0 Å². The van der Waals surface area contributed by atoms with Crippen LogP contribution in [0.5, 0.6) is 0 Å². The van der Waals surface area contributed by atoms with Crippen molar-refractivity contribution in [3.8, 4) is 0 Å². The molecule has 13 heavy (non-hydrogen) atoms. The van der Waals surface area contributed by atoms with Gasteiger partial charge >= 0.3 is 0 Å². The minimum absolute atomic E-state index is 0.0775. The predicted octanol–water partition coefficient (Wildman–Crippen LogP) is 1.23. The molecular weight excluding hydrogens is 184 g/mol. The standard InChI is InChI=1S/C9H14N2OS/c1-10-4-7-9(6-2-3-6)11-8(5-12)13-7/h6,10,12H,2-5H2,1H3. The average Bonchev–Trinajstić information content (AvgIpc) is 2.89. The molecule has 3 nitrogen and oxygen atoms in total. The third-order valence-corrected chi connectivity index (χ3v) is 3.26. The van der Waals surface area contributed by atoms with Crippen LogP contribution in [0.15, 0.2) is 0 Å². The van der Waals surface area contributed by atoms with Crippen molar-refractivity contribution in [3.05, 3.63) is 15.6 Å². The van der Waals surface area contributed by atoms with Crippen molar-refractivity contribution in [2.24, 2.45) is 0 Å². The minimum atomic E-state index is 0.0775. The Kier molecular flexibility index (Phi) is 2.62. The van der Waals surface area contributed by atoms with Crippen molar-refractivity contribution in [2.45, 2.75) is 31.9 Å². The molecule has 0 aliphatic heterocycles. The lowest BCUT2D eigenvalue weighted by molar-refractivity contribution is 0.281. The van der Waals surface area contributed by atoms with Gasteiger partial charge in [0, 0.05) is 17.3 Å². The molecule has 1 aliphatic rings. The van der Waals surface area contributed by atoms with Crippen LogP contribution in [-0.2, 0) is 13.2 Å². The molecule has 1 aromatic heterocycles. The predicted molar refractivity (Wildman–Crippen MR) is 52.8 cm³/mol. The summed E-state index contributed by atoms with van der Waals surface area (Å²) in [4.78, 5) is 5.74. The van der Waals surface area contributed by atoms with Crippen LogP contribution < -0.4 is 5.32 Å². The van der Waals surface area contributed by atoms with Gasteiger partial charge in [-0.1, -0.05) is 0 Å². The van der Waals surface area contributed by atoms with E-state index in [0.29, 0.717) is 5.92 Å². The largest absolute Gasteiger partial charge is 0.389 e. The van der Waals surface area contributed by atoms with E-state index in [1.54, 1.807) is 11.3 Å². The molecule has 2 rings (SSSR count). The summed E-state index contributed by atoms with van der Waals surface area (Å²) in [7, 11) is 1.94. The highest BCUT2D eigenvalue weighted by Crippen LogP contribution is 2.42. The number of thiazole rings is 1. The smallest absolute Gasteiger partial charge is 0.119 e. The molecule has 1 fully saturated rings. The van der Waals surface area contributed by atoms with Crippen molar-refractivity contribution in [1.82, 2.24) is 10.3 Å². The molecular formula is C9H14N2OS. The Bertz CT molecular complexity index is 294. The molecule has 1 aliphatic carbocycles. The van der Waals surface area contributed by atoms with Crippen molar-refractivity contribution in [3.63, 3.8) is 0 Å². The molecule has 0 radical (unpaired) electrons. The van der Waals surface area contributed by atoms with Crippen molar-refractivity contribution in [1.29, 1.82) is 0 Å². The first-order chi connectivity index (χ1) is 6.35. The Balaban J connectivity index is 2.22. The fraction of sp³-hybridized carbons (Fsp3) is 0.667. The fourth-order valence-electron chi connectivity index (χ4n) is 1.44. The van der Waals surface area contributed by atoms with E-state index in [-0.39, 0.29) is 6.61 Å². The summed E-state index contributed by atoms with van der Waals surface area (Å²) in [6.45, 7) is 0.956. The van der Waals surface area contributed by atoms with E-state index in [0.717, 1.165) is 11.6 Å². The normalized spacial score (nSPS) is 16.5. The molecule has 0 spiro atoms. The first-order valence-electron chi connectivity index (χ1n) is 4.59. The Morgan fingerprint density at radius 1 is 1.62 bits per heavy atom. The van der Waals surface area contributed by atoms with Gasteiger partial charge in [0.15, 0.2) is 0 Å². The van der Waals surface area contributed by atoms with Gasteiger partial charge < -0.3 is 10.4 Å². The van der Waals surface area contributed by atoms with Crippen molar-refractivity contribution < 1.29 is 5.11 Å². The molecule has 72 valence electrons. The van der Waals surface area contributed by atoms with Crippen molar-refractivity contribution in [2.75, 3.05) is 7.05 Å². The summed E-state index contributed by atoms with van der Waals surface area (Å²) >= 11 is 1.63. The van der Waals surface area contributed by atoms with Gasteiger partial charge in [0.05, 0.1) is 12.3 Å². The minimum Gasteiger partial charge on any atom is -0.389 e. The second kappa shape index (κ2) is 3.74. The molecule has 1 saturated carbocycles. The van der Waals surface area contributed by atoms with Gasteiger partial charge in [0.25, 0.3) is 0 Å². The molecule has 0 unspecified atom stereocenters. The summed E-state index contributed by atoms with van der Waals surface area (Å²) in [5, 5.41) is 13.0. The Hall–Kier alpha value is -0.450. The zero-order valence-electron chi connectivity index (χ0n) is 7.71. The number of hydrogen-bond donors (Lipinski definition) is 2. The highest BCUT2D eigenvalue weighted by atomic mass is 32.1. The number of hydrogen-bond acceptors (Lipinski definition) is 4. The summed E-state index contributed by atoms with van der Waals surface area (Å²) in [6, 6.07) is 0. The molecule has 1 heterocycles. The zero-order valence-corrected chi connectivity index (χ0v) is 8.52. The fourth-order valence-corrected chi connectivity index (χ4v) is 2.47. The lowest BCUT2D eigenvalue weighted by Crippen LogP contribution is -2.05. The maximum absolute atomic E-state index is 8.97. The third-order valence-electron chi connectivity index (χ3n) is 2.21. The second-order valence-corrected chi connectivity index (χ2v) is 4.55. The topological polar surface area (TPSA) is 45.1 Å². The highest BCUT2D eigenvalue weighted by Gasteiger charge is 2.29. The van der Waals surface area contributed by atoms with E-state index in [1.165, 1.54) is 23.4 Å². The maximum atomic E-state index is 8.97. The van der Waals surface area contributed by atoms with Crippen LogP contribution in [0.3, 0.4) is 0 Å². The second-order valence-electron chi connectivity index (χ2n) is 3.38. The molecule has 0 aromatic carbocycles. The first-order valence-corrected chi connectivity index (χ1v) is 5.40. The van der Waals surface area contributed by atoms with Gasteiger partial charge in [0.2, 0.25) is 0 Å². The lowest BCUT2D eigenvalue weighted by atomic mass is 10.2. The Labute approximate surface area is 81.8 Å². The van der Waals surface area contributed by atoms with Crippen LogP contribution in [0.1, 0.15) is 34.3 Å². The van der Waals surface area contributed by atoms with E-state index < -0.39 is 0 Å². The van der Waals surface area contributed by atoms with E-state index in [4.69, 9.17) is 5.11 Å². The van der Waals surface area contributed by atoms with E-state index in [9.17, 15) is 0 Å². The first kappa shape index (κ1) is 9.12. The van der Waals surface area contributed by atoms with Crippen LogP contribution in [-0.4, -0.2) is 17.1 Å². The molecule has 0 bridgehead atoms. The quantitative estimate of drug-likeness (QED) is 0.765. The molecule has 0 amide bonds. The summed E-state index contributed by atoms with van der Waals surface area (Å²) in [6.07, 6.45) is 2.54. The van der Waals surface area contributed by atoms with Crippen LogP contribution in [0, 0.1) is 0 Å². The number of aliphatic hydroxyl groups is 1.